The van der Waals surface area contributed by atoms with Crippen molar-refractivity contribution in [2.24, 2.45) is 0 Å². The molecule has 0 aromatic heterocycles. The van der Waals surface area contributed by atoms with E-state index in [9.17, 15) is 26.4 Å². The molecule has 0 spiro atoms. The molecule has 1 aliphatic heterocycles. The standard InChI is InChI=1S/C20H21F3N2O3S/c21-17-6-4-16(5-7-17)19(26)25-11-1-10-24(12-13-25)14-15-2-8-18(9-3-15)29(27,28)20(22)23/h2-9,20H,1,10-14H2. The Balaban J connectivity index is 1.60. The Labute approximate surface area is 167 Å². The second-order valence-corrected chi connectivity index (χ2v) is 8.80. The van der Waals surface area contributed by atoms with Gasteiger partial charge >= 0.3 is 5.76 Å². The van der Waals surface area contributed by atoms with Crippen LogP contribution in [0.3, 0.4) is 0 Å². The normalized spacial score (nSPS) is 16.1. The van der Waals surface area contributed by atoms with Crippen LogP contribution in [0.4, 0.5) is 13.2 Å². The van der Waals surface area contributed by atoms with Crippen LogP contribution < -0.4 is 0 Å². The number of benzene rings is 2. The molecule has 2 aromatic rings. The van der Waals surface area contributed by atoms with Crippen molar-refractivity contribution in [3.8, 4) is 0 Å². The summed E-state index contributed by atoms with van der Waals surface area (Å²) in [5.41, 5.74) is 1.24. The molecule has 1 fully saturated rings. The monoisotopic (exact) mass is 426 g/mol. The van der Waals surface area contributed by atoms with Crippen LogP contribution in [0, 0.1) is 5.82 Å². The van der Waals surface area contributed by atoms with Gasteiger partial charge in [0.15, 0.2) is 0 Å². The molecule has 1 amide bonds. The fourth-order valence-electron chi connectivity index (χ4n) is 3.25. The maximum Gasteiger partial charge on any atom is 0.341 e. The number of carbonyl (C=O) groups excluding carboxylic acids is 1. The predicted molar refractivity (Wildman–Crippen MR) is 102 cm³/mol. The Morgan fingerprint density at radius 2 is 1.59 bits per heavy atom. The van der Waals surface area contributed by atoms with Gasteiger partial charge in [0.1, 0.15) is 5.82 Å². The van der Waals surface area contributed by atoms with E-state index < -0.39 is 26.3 Å². The molecule has 0 radical (unpaired) electrons. The number of sulfone groups is 1. The van der Waals surface area contributed by atoms with E-state index in [1.54, 1.807) is 4.90 Å². The van der Waals surface area contributed by atoms with Crippen molar-refractivity contribution in [3.63, 3.8) is 0 Å². The molecular formula is C20H21F3N2O3S. The van der Waals surface area contributed by atoms with Gasteiger partial charge in [0.2, 0.25) is 9.84 Å². The van der Waals surface area contributed by atoms with Crippen LogP contribution in [0.15, 0.2) is 53.4 Å². The van der Waals surface area contributed by atoms with Gasteiger partial charge in [-0.05, 0) is 48.4 Å². The molecule has 0 saturated carbocycles. The molecule has 0 atom stereocenters. The first-order valence-electron chi connectivity index (χ1n) is 9.15. The number of alkyl halides is 2. The van der Waals surface area contributed by atoms with Gasteiger partial charge in [0.05, 0.1) is 4.90 Å². The van der Waals surface area contributed by atoms with Gasteiger partial charge < -0.3 is 4.90 Å². The fourth-order valence-corrected chi connectivity index (χ4v) is 3.97. The first-order valence-corrected chi connectivity index (χ1v) is 10.7. The summed E-state index contributed by atoms with van der Waals surface area (Å²) in [7, 11) is -4.59. The van der Waals surface area contributed by atoms with Gasteiger partial charge in [0, 0.05) is 38.3 Å². The fraction of sp³-hybridized carbons (Fsp3) is 0.350. The number of carbonyl (C=O) groups is 1. The average molecular weight is 426 g/mol. The summed E-state index contributed by atoms with van der Waals surface area (Å²) in [5, 5.41) is 0. The van der Waals surface area contributed by atoms with Crippen molar-refractivity contribution < 1.29 is 26.4 Å². The van der Waals surface area contributed by atoms with Crippen molar-refractivity contribution in [2.75, 3.05) is 26.2 Å². The highest BCUT2D eigenvalue weighted by molar-refractivity contribution is 7.91. The molecule has 0 N–H and O–H groups in total. The lowest BCUT2D eigenvalue weighted by Crippen LogP contribution is -2.35. The van der Waals surface area contributed by atoms with Crippen LogP contribution in [0.25, 0.3) is 0 Å². The van der Waals surface area contributed by atoms with E-state index in [-0.39, 0.29) is 5.91 Å². The Bertz CT molecular complexity index is 948. The second-order valence-electron chi connectivity index (χ2n) is 6.88. The van der Waals surface area contributed by atoms with E-state index in [1.165, 1.54) is 48.5 Å². The van der Waals surface area contributed by atoms with E-state index in [0.717, 1.165) is 18.5 Å². The zero-order valence-corrected chi connectivity index (χ0v) is 16.4. The molecule has 1 aliphatic rings. The van der Waals surface area contributed by atoms with Crippen LogP contribution in [0.2, 0.25) is 0 Å². The molecule has 29 heavy (non-hydrogen) atoms. The van der Waals surface area contributed by atoms with Crippen molar-refractivity contribution in [3.05, 3.63) is 65.5 Å². The van der Waals surface area contributed by atoms with E-state index in [1.807, 2.05) is 0 Å². The molecule has 0 unspecified atom stereocenters. The highest BCUT2D eigenvalue weighted by Gasteiger charge is 2.26. The summed E-state index contributed by atoms with van der Waals surface area (Å²) in [4.78, 5) is 16.0. The summed E-state index contributed by atoms with van der Waals surface area (Å²) < 4.78 is 61.3. The zero-order valence-electron chi connectivity index (χ0n) is 15.6. The quantitative estimate of drug-likeness (QED) is 0.737. The van der Waals surface area contributed by atoms with Crippen molar-refractivity contribution in [2.45, 2.75) is 23.6 Å². The lowest BCUT2D eigenvalue weighted by Gasteiger charge is -2.22. The molecule has 2 aromatic carbocycles. The minimum Gasteiger partial charge on any atom is -0.337 e. The smallest absolute Gasteiger partial charge is 0.337 e. The largest absolute Gasteiger partial charge is 0.341 e. The van der Waals surface area contributed by atoms with Gasteiger partial charge in [-0.3, -0.25) is 9.69 Å². The Hall–Kier alpha value is -2.39. The summed E-state index contributed by atoms with van der Waals surface area (Å²) in [6.07, 6.45) is 0.755. The molecule has 156 valence electrons. The molecule has 1 saturated heterocycles. The third-order valence-electron chi connectivity index (χ3n) is 4.86. The zero-order chi connectivity index (χ0) is 21.0. The summed E-state index contributed by atoms with van der Waals surface area (Å²) in [5.74, 6) is -3.98. The molecule has 1 heterocycles. The summed E-state index contributed by atoms with van der Waals surface area (Å²) in [6, 6.07) is 10.9. The first-order chi connectivity index (χ1) is 13.8. The SMILES string of the molecule is O=C(c1ccc(F)cc1)N1CCCN(Cc2ccc(S(=O)(=O)C(F)F)cc2)CC1. The highest BCUT2D eigenvalue weighted by atomic mass is 32.2. The van der Waals surface area contributed by atoms with Crippen molar-refractivity contribution >= 4 is 15.7 Å². The van der Waals surface area contributed by atoms with Gasteiger partial charge in [-0.1, -0.05) is 12.1 Å². The molecule has 9 heteroatoms. The van der Waals surface area contributed by atoms with Gasteiger partial charge in [0.25, 0.3) is 5.91 Å². The van der Waals surface area contributed by atoms with Gasteiger partial charge in [-0.2, -0.15) is 8.78 Å². The minimum atomic E-state index is -4.59. The Kier molecular flexibility index (Phi) is 6.59. The molecule has 0 aliphatic carbocycles. The van der Waals surface area contributed by atoms with Crippen LogP contribution in [-0.4, -0.2) is 56.1 Å². The number of amides is 1. The number of rotatable bonds is 5. The van der Waals surface area contributed by atoms with E-state index in [0.29, 0.717) is 31.7 Å². The van der Waals surface area contributed by atoms with Crippen LogP contribution in [0.5, 0.6) is 0 Å². The number of hydrogen-bond acceptors (Lipinski definition) is 4. The maximum absolute atomic E-state index is 13.0. The Morgan fingerprint density at radius 1 is 0.931 bits per heavy atom. The van der Waals surface area contributed by atoms with Crippen molar-refractivity contribution in [1.82, 2.24) is 9.80 Å². The molecule has 0 bridgehead atoms. The predicted octanol–water partition coefficient (Wildman–Crippen LogP) is 3.17. The number of halogens is 3. The molecule has 3 rings (SSSR count). The van der Waals surface area contributed by atoms with Crippen LogP contribution >= 0.6 is 0 Å². The Morgan fingerprint density at radius 3 is 2.21 bits per heavy atom. The molecular weight excluding hydrogens is 405 g/mol. The summed E-state index contributed by atoms with van der Waals surface area (Å²) in [6.45, 7) is 2.97. The maximum atomic E-state index is 13.0. The van der Waals surface area contributed by atoms with E-state index >= 15 is 0 Å². The third kappa shape index (κ3) is 5.16. The second kappa shape index (κ2) is 8.96. The topological polar surface area (TPSA) is 57.7 Å². The summed E-state index contributed by atoms with van der Waals surface area (Å²) >= 11 is 0. The van der Waals surface area contributed by atoms with Crippen molar-refractivity contribution in [1.29, 1.82) is 0 Å². The van der Waals surface area contributed by atoms with Crippen LogP contribution in [-0.2, 0) is 16.4 Å². The van der Waals surface area contributed by atoms with Crippen LogP contribution in [0.1, 0.15) is 22.3 Å². The number of nitrogens with zero attached hydrogens (tertiary/aromatic N) is 2. The highest BCUT2D eigenvalue weighted by Crippen LogP contribution is 2.19. The van der Waals surface area contributed by atoms with E-state index in [2.05, 4.69) is 4.90 Å². The lowest BCUT2D eigenvalue weighted by atomic mass is 10.2. The molecule has 5 nitrogen and oxygen atoms in total. The third-order valence-corrected chi connectivity index (χ3v) is 6.26. The first kappa shape index (κ1) is 21.3. The minimum absolute atomic E-state index is 0.145. The average Bonchev–Trinajstić information content (AvgIpc) is 2.94. The number of hydrogen-bond donors (Lipinski definition) is 0. The lowest BCUT2D eigenvalue weighted by molar-refractivity contribution is 0.0761. The van der Waals surface area contributed by atoms with E-state index in [4.69, 9.17) is 0 Å². The van der Waals surface area contributed by atoms with Gasteiger partial charge in [-0.15, -0.1) is 0 Å². The van der Waals surface area contributed by atoms with Gasteiger partial charge in [-0.25, -0.2) is 12.8 Å².